The van der Waals surface area contributed by atoms with Gasteiger partial charge in [-0.15, -0.1) is 0 Å². The van der Waals surface area contributed by atoms with E-state index in [1.807, 2.05) is 36.4 Å². The van der Waals surface area contributed by atoms with E-state index < -0.39 is 0 Å². The molecular weight excluding hydrogens is 246 g/mol. The molecule has 2 aromatic carbocycles. The zero-order valence-corrected chi connectivity index (χ0v) is 12.0. The molecule has 0 heterocycles. The summed E-state index contributed by atoms with van der Waals surface area (Å²) < 4.78 is 5.72. The molecule has 0 fully saturated rings. The van der Waals surface area contributed by atoms with Gasteiger partial charge in [-0.1, -0.05) is 49.4 Å². The largest absolute Gasteiger partial charge is 0.374 e. The van der Waals surface area contributed by atoms with Crippen molar-refractivity contribution in [3.05, 3.63) is 59.7 Å². The van der Waals surface area contributed by atoms with Crippen LogP contribution in [0.4, 0.5) is 0 Å². The van der Waals surface area contributed by atoms with Crippen molar-refractivity contribution in [3.8, 4) is 17.2 Å². The predicted molar refractivity (Wildman–Crippen MR) is 81.1 cm³/mol. The van der Waals surface area contributed by atoms with Gasteiger partial charge < -0.3 is 4.74 Å². The van der Waals surface area contributed by atoms with Crippen molar-refractivity contribution in [2.75, 3.05) is 0 Å². The van der Waals surface area contributed by atoms with E-state index in [2.05, 4.69) is 32.0 Å². The predicted octanol–water partition coefficient (Wildman–Crippen LogP) is 4.54. The van der Waals surface area contributed by atoms with Gasteiger partial charge in [-0.25, -0.2) is 0 Å². The Kier molecular flexibility index (Phi) is 4.92. The van der Waals surface area contributed by atoms with Gasteiger partial charge in [-0.2, -0.15) is 5.26 Å². The maximum Gasteiger partial charge on any atom is 0.0998 e. The Bertz CT molecular complexity index is 596. The van der Waals surface area contributed by atoms with Crippen LogP contribution in [0.3, 0.4) is 0 Å². The molecule has 0 saturated heterocycles. The molecule has 0 radical (unpaired) electrons. The van der Waals surface area contributed by atoms with E-state index in [9.17, 15) is 0 Å². The fourth-order valence-electron chi connectivity index (χ4n) is 1.97. The summed E-state index contributed by atoms with van der Waals surface area (Å²) in [6.45, 7) is 4.83. The minimum Gasteiger partial charge on any atom is -0.374 e. The third-order valence-electron chi connectivity index (χ3n) is 3.42. The number of hydrogen-bond acceptors (Lipinski definition) is 2. The Morgan fingerprint density at radius 3 is 2.45 bits per heavy atom. The average molecular weight is 265 g/mol. The first-order chi connectivity index (χ1) is 9.74. The monoisotopic (exact) mass is 265 g/mol. The maximum absolute atomic E-state index is 9.14. The van der Waals surface area contributed by atoms with Gasteiger partial charge in [-0.3, -0.25) is 0 Å². The molecule has 20 heavy (non-hydrogen) atoms. The van der Waals surface area contributed by atoms with Crippen LogP contribution in [0.1, 0.15) is 31.4 Å². The third-order valence-corrected chi connectivity index (χ3v) is 3.42. The lowest BCUT2D eigenvalue weighted by Crippen LogP contribution is -2.05. The highest BCUT2D eigenvalue weighted by Gasteiger charge is 2.04. The Morgan fingerprint density at radius 1 is 1.10 bits per heavy atom. The molecule has 0 spiro atoms. The summed E-state index contributed by atoms with van der Waals surface area (Å²) in [7, 11) is 0. The second-order valence-corrected chi connectivity index (χ2v) is 4.88. The first-order valence-corrected chi connectivity index (χ1v) is 6.94. The fraction of sp³-hybridized carbons (Fsp3) is 0.278. The molecule has 0 amide bonds. The Morgan fingerprint density at radius 2 is 1.80 bits per heavy atom. The molecule has 1 atom stereocenters. The van der Waals surface area contributed by atoms with Crippen molar-refractivity contribution in [1.82, 2.24) is 0 Å². The molecule has 102 valence electrons. The lowest BCUT2D eigenvalue weighted by Gasteiger charge is -2.11. The van der Waals surface area contributed by atoms with E-state index in [4.69, 9.17) is 10.00 Å². The van der Waals surface area contributed by atoms with E-state index in [1.165, 1.54) is 0 Å². The molecule has 2 heteroatoms. The van der Waals surface area contributed by atoms with Gasteiger partial charge in [0.15, 0.2) is 0 Å². The van der Waals surface area contributed by atoms with Crippen LogP contribution in [0.5, 0.6) is 0 Å². The van der Waals surface area contributed by atoms with Crippen LogP contribution in [0.25, 0.3) is 11.1 Å². The van der Waals surface area contributed by atoms with Crippen molar-refractivity contribution >= 4 is 0 Å². The first-order valence-electron chi connectivity index (χ1n) is 6.94. The van der Waals surface area contributed by atoms with Crippen LogP contribution < -0.4 is 0 Å². The molecule has 0 aliphatic heterocycles. The Balaban J connectivity index is 2.14. The molecule has 0 aliphatic carbocycles. The minimum atomic E-state index is 0.286. The summed E-state index contributed by atoms with van der Waals surface area (Å²) in [4.78, 5) is 0. The van der Waals surface area contributed by atoms with Crippen molar-refractivity contribution in [2.24, 2.45) is 0 Å². The van der Waals surface area contributed by atoms with Gasteiger partial charge in [-0.05, 0) is 36.1 Å². The highest BCUT2D eigenvalue weighted by atomic mass is 16.5. The normalized spacial score (nSPS) is 11.8. The standard InChI is InChI=1S/C18H19NO/c1-3-14(2)20-13-15-8-10-16(11-9-15)18-7-5-4-6-17(18)12-19/h4-11,14H,3,13H2,1-2H3. The number of nitriles is 1. The lowest BCUT2D eigenvalue weighted by molar-refractivity contribution is 0.0508. The second kappa shape index (κ2) is 6.88. The quantitative estimate of drug-likeness (QED) is 0.795. The fourth-order valence-corrected chi connectivity index (χ4v) is 1.97. The molecule has 2 aromatic rings. The summed E-state index contributed by atoms with van der Waals surface area (Å²) in [5.41, 5.74) is 3.90. The minimum absolute atomic E-state index is 0.286. The number of nitrogens with zero attached hydrogens (tertiary/aromatic N) is 1. The Labute approximate surface area is 120 Å². The van der Waals surface area contributed by atoms with Gasteiger partial charge >= 0.3 is 0 Å². The van der Waals surface area contributed by atoms with Gasteiger partial charge in [0.2, 0.25) is 0 Å². The van der Waals surface area contributed by atoms with E-state index >= 15 is 0 Å². The summed E-state index contributed by atoms with van der Waals surface area (Å²) in [6.07, 6.45) is 1.31. The molecule has 0 N–H and O–H groups in total. The van der Waals surface area contributed by atoms with E-state index in [1.54, 1.807) is 0 Å². The number of rotatable bonds is 5. The van der Waals surface area contributed by atoms with Gasteiger partial charge in [0, 0.05) is 0 Å². The highest BCUT2D eigenvalue weighted by molar-refractivity contribution is 5.70. The maximum atomic E-state index is 9.14. The molecule has 2 nitrogen and oxygen atoms in total. The summed E-state index contributed by atoms with van der Waals surface area (Å²) in [5, 5.41) is 9.14. The van der Waals surface area contributed by atoms with Crippen LogP contribution in [0, 0.1) is 11.3 Å². The SMILES string of the molecule is CCC(C)OCc1ccc(-c2ccccc2C#N)cc1. The van der Waals surface area contributed by atoms with Gasteiger partial charge in [0.05, 0.1) is 24.3 Å². The van der Waals surface area contributed by atoms with Crippen molar-refractivity contribution in [3.63, 3.8) is 0 Å². The first kappa shape index (κ1) is 14.3. The Hall–Kier alpha value is -2.11. The third kappa shape index (κ3) is 3.46. The number of benzene rings is 2. The molecule has 1 unspecified atom stereocenters. The zero-order valence-electron chi connectivity index (χ0n) is 12.0. The lowest BCUT2D eigenvalue weighted by atomic mass is 9.99. The zero-order chi connectivity index (χ0) is 14.4. The van der Waals surface area contributed by atoms with E-state index in [0.717, 1.165) is 23.1 Å². The summed E-state index contributed by atoms with van der Waals surface area (Å²) in [6, 6.07) is 18.1. The van der Waals surface area contributed by atoms with Crippen molar-refractivity contribution in [1.29, 1.82) is 5.26 Å². The molecule has 0 aromatic heterocycles. The summed E-state index contributed by atoms with van der Waals surface area (Å²) in [5.74, 6) is 0. The van der Waals surface area contributed by atoms with Gasteiger partial charge in [0.1, 0.15) is 0 Å². The smallest absolute Gasteiger partial charge is 0.0998 e. The van der Waals surface area contributed by atoms with Crippen molar-refractivity contribution in [2.45, 2.75) is 33.0 Å². The average Bonchev–Trinajstić information content (AvgIpc) is 2.53. The van der Waals surface area contributed by atoms with Crippen molar-refractivity contribution < 1.29 is 4.74 Å². The van der Waals surface area contributed by atoms with Gasteiger partial charge in [0.25, 0.3) is 0 Å². The van der Waals surface area contributed by atoms with E-state index in [0.29, 0.717) is 12.2 Å². The molecule has 0 aliphatic rings. The molecule has 2 rings (SSSR count). The molecule has 0 bridgehead atoms. The number of ether oxygens (including phenoxy) is 1. The number of hydrogen-bond donors (Lipinski definition) is 0. The van der Waals surface area contributed by atoms with Crippen LogP contribution in [-0.4, -0.2) is 6.10 Å². The van der Waals surface area contributed by atoms with Crippen LogP contribution in [0.2, 0.25) is 0 Å². The molecule has 0 saturated carbocycles. The van der Waals surface area contributed by atoms with Crippen LogP contribution >= 0.6 is 0 Å². The topological polar surface area (TPSA) is 33.0 Å². The summed E-state index contributed by atoms with van der Waals surface area (Å²) >= 11 is 0. The molecular formula is C18H19NO. The van der Waals surface area contributed by atoms with Crippen LogP contribution in [0.15, 0.2) is 48.5 Å². The van der Waals surface area contributed by atoms with Crippen LogP contribution in [-0.2, 0) is 11.3 Å². The second-order valence-electron chi connectivity index (χ2n) is 4.88. The highest BCUT2D eigenvalue weighted by Crippen LogP contribution is 2.23. The van der Waals surface area contributed by atoms with E-state index in [-0.39, 0.29) is 6.10 Å².